The molecule has 5 rings (SSSR count). The van der Waals surface area contributed by atoms with Gasteiger partial charge in [-0.2, -0.15) is 0 Å². The van der Waals surface area contributed by atoms with Crippen molar-refractivity contribution in [3.63, 3.8) is 0 Å². The molecule has 0 bridgehead atoms. The lowest BCUT2D eigenvalue weighted by Crippen LogP contribution is -2.22. The quantitative estimate of drug-likeness (QED) is 0.323. The van der Waals surface area contributed by atoms with Gasteiger partial charge >= 0.3 is 0 Å². The Labute approximate surface area is 170 Å². The number of benzene rings is 4. The molecule has 0 aromatic heterocycles. The summed E-state index contributed by atoms with van der Waals surface area (Å²) in [7, 11) is 0. The first-order valence-electron chi connectivity index (χ1n) is 10.4. The van der Waals surface area contributed by atoms with Crippen molar-refractivity contribution in [1.82, 2.24) is 0 Å². The summed E-state index contributed by atoms with van der Waals surface area (Å²) >= 11 is 0. The van der Waals surface area contributed by atoms with E-state index in [1.54, 1.807) is 6.07 Å². The van der Waals surface area contributed by atoms with E-state index in [1.165, 1.54) is 30.7 Å². The van der Waals surface area contributed by atoms with Crippen molar-refractivity contribution in [1.29, 1.82) is 0 Å². The summed E-state index contributed by atoms with van der Waals surface area (Å²) in [5.74, 6) is 1.43. The molecule has 0 unspecified atom stereocenters. The minimum absolute atomic E-state index is 0.226. The Kier molecular flexibility index (Phi) is 4.59. The van der Waals surface area contributed by atoms with Crippen molar-refractivity contribution < 1.29 is 9.13 Å². The van der Waals surface area contributed by atoms with E-state index in [9.17, 15) is 4.39 Å². The third-order valence-corrected chi connectivity index (χ3v) is 5.74. The molecule has 1 aliphatic rings. The van der Waals surface area contributed by atoms with Gasteiger partial charge in [-0.1, -0.05) is 56.5 Å². The first-order chi connectivity index (χ1) is 14.2. The lowest BCUT2D eigenvalue weighted by molar-refractivity contribution is 0.473. The minimum atomic E-state index is -0.226. The number of hydrogen-bond donors (Lipinski definition) is 0. The second kappa shape index (κ2) is 7.40. The second-order valence-corrected chi connectivity index (χ2v) is 7.79. The van der Waals surface area contributed by atoms with Crippen LogP contribution in [0.4, 0.5) is 15.8 Å². The van der Waals surface area contributed by atoms with Crippen molar-refractivity contribution >= 4 is 32.9 Å². The molecular weight excluding hydrogens is 361 g/mol. The maximum absolute atomic E-state index is 13.7. The zero-order valence-electron chi connectivity index (χ0n) is 16.6. The largest absolute Gasteiger partial charge is 0.453 e. The van der Waals surface area contributed by atoms with Gasteiger partial charge in [0, 0.05) is 6.54 Å². The van der Waals surface area contributed by atoms with Gasteiger partial charge in [0.2, 0.25) is 0 Å². The van der Waals surface area contributed by atoms with Crippen LogP contribution in [0.15, 0.2) is 66.7 Å². The van der Waals surface area contributed by atoms with E-state index >= 15 is 0 Å². The van der Waals surface area contributed by atoms with Gasteiger partial charge in [0.1, 0.15) is 5.82 Å². The molecular formula is C26H24FNO. The summed E-state index contributed by atoms with van der Waals surface area (Å²) in [6, 6.07) is 21.7. The van der Waals surface area contributed by atoms with Gasteiger partial charge in [-0.25, -0.2) is 4.39 Å². The molecule has 4 aromatic rings. The molecule has 3 heteroatoms. The van der Waals surface area contributed by atoms with Crippen LogP contribution in [-0.2, 0) is 0 Å². The minimum Gasteiger partial charge on any atom is -0.453 e. The van der Waals surface area contributed by atoms with Crippen LogP contribution in [0.5, 0.6) is 11.5 Å². The molecule has 0 radical (unpaired) electrons. The summed E-state index contributed by atoms with van der Waals surface area (Å²) in [4.78, 5) is 2.37. The summed E-state index contributed by atoms with van der Waals surface area (Å²) < 4.78 is 20.1. The third-order valence-electron chi connectivity index (χ3n) is 5.74. The van der Waals surface area contributed by atoms with Gasteiger partial charge in [0.25, 0.3) is 0 Å². The Morgan fingerprint density at radius 2 is 1.38 bits per heavy atom. The highest BCUT2D eigenvalue weighted by molar-refractivity contribution is 5.96. The molecule has 146 valence electrons. The molecule has 29 heavy (non-hydrogen) atoms. The molecule has 0 fully saturated rings. The topological polar surface area (TPSA) is 12.5 Å². The zero-order chi connectivity index (χ0) is 19.8. The van der Waals surface area contributed by atoms with Crippen LogP contribution in [0.1, 0.15) is 32.6 Å². The summed E-state index contributed by atoms with van der Waals surface area (Å²) in [6.45, 7) is 3.17. The van der Waals surface area contributed by atoms with Gasteiger partial charge in [-0.15, -0.1) is 0 Å². The molecule has 2 nitrogen and oxygen atoms in total. The second-order valence-electron chi connectivity index (χ2n) is 7.79. The fourth-order valence-electron chi connectivity index (χ4n) is 4.21. The van der Waals surface area contributed by atoms with Crippen LogP contribution in [0.2, 0.25) is 0 Å². The number of nitrogens with zero attached hydrogens (tertiary/aromatic N) is 1. The Hall–Kier alpha value is -3.07. The molecule has 0 saturated carbocycles. The smallest absolute Gasteiger partial charge is 0.151 e. The van der Waals surface area contributed by atoms with E-state index < -0.39 is 0 Å². The van der Waals surface area contributed by atoms with E-state index in [4.69, 9.17) is 4.74 Å². The van der Waals surface area contributed by atoms with Crippen LogP contribution in [0, 0.1) is 5.82 Å². The number of anilines is 2. The molecule has 0 saturated heterocycles. The van der Waals surface area contributed by atoms with Crippen molar-refractivity contribution in [3.8, 4) is 11.5 Å². The van der Waals surface area contributed by atoms with Crippen molar-refractivity contribution in [3.05, 3.63) is 72.5 Å². The van der Waals surface area contributed by atoms with Crippen LogP contribution in [0.3, 0.4) is 0 Å². The average molecular weight is 385 g/mol. The van der Waals surface area contributed by atoms with Gasteiger partial charge < -0.3 is 9.64 Å². The zero-order valence-corrected chi connectivity index (χ0v) is 16.6. The van der Waals surface area contributed by atoms with Gasteiger partial charge in [-0.3, -0.25) is 0 Å². The Morgan fingerprint density at radius 3 is 2.10 bits per heavy atom. The number of fused-ring (bicyclic) bond motifs is 4. The van der Waals surface area contributed by atoms with Crippen LogP contribution < -0.4 is 9.64 Å². The summed E-state index contributed by atoms with van der Waals surface area (Å²) in [5, 5.41) is 4.25. The summed E-state index contributed by atoms with van der Waals surface area (Å²) in [6.07, 6.45) is 4.81. The van der Waals surface area contributed by atoms with E-state index in [2.05, 4.69) is 48.2 Å². The number of hydrogen-bond acceptors (Lipinski definition) is 2. The molecule has 0 atom stereocenters. The van der Waals surface area contributed by atoms with Crippen LogP contribution >= 0.6 is 0 Å². The molecule has 4 aromatic carbocycles. The number of unbranched alkanes of at least 4 members (excludes halogenated alkanes) is 3. The monoisotopic (exact) mass is 385 g/mol. The molecule has 0 aliphatic carbocycles. The lowest BCUT2D eigenvalue weighted by atomic mass is 10.0. The maximum Gasteiger partial charge on any atom is 0.151 e. The first kappa shape index (κ1) is 18.0. The number of rotatable bonds is 5. The Bertz CT molecular complexity index is 1200. The number of halogens is 1. The Morgan fingerprint density at radius 1 is 0.724 bits per heavy atom. The van der Waals surface area contributed by atoms with Crippen LogP contribution in [0.25, 0.3) is 21.5 Å². The molecule has 1 heterocycles. The van der Waals surface area contributed by atoms with Crippen molar-refractivity contribution in [2.24, 2.45) is 0 Å². The van der Waals surface area contributed by atoms with Crippen LogP contribution in [-0.4, -0.2) is 6.54 Å². The highest BCUT2D eigenvalue weighted by atomic mass is 19.1. The summed E-state index contributed by atoms with van der Waals surface area (Å²) in [5.41, 5.74) is 2.16. The fraction of sp³-hybridized carbons (Fsp3) is 0.231. The van der Waals surface area contributed by atoms with Gasteiger partial charge in [0.05, 0.1) is 11.4 Å². The highest BCUT2D eigenvalue weighted by Crippen LogP contribution is 2.49. The molecule has 0 spiro atoms. The predicted octanol–water partition coefficient (Wildman–Crippen LogP) is 7.96. The van der Waals surface area contributed by atoms with E-state index in [0.29, 0.717) is 0 Å². The van der Waals surface area contributed by atoms with Gasteiger partial charge in [-0.05, 0) is 64.4 Å². The molecule has 0 N–H and O–H groups in total. The Balaban J connectivity index is 1.64. The maximum atomic E-state index is 13.7. The van der Waals surface area contributed by atoms with Gasteiger partial charge in [0.15, 0.2) is 11.5 Å². The molecule has 1 aliphatic heterocycles. The first-order valence-corrected chi connectivity index (χ1v) is 10.4. The lowest BCUT2D eigenvalue weighted by Gasteiger charge is -2.33. The van der Waals surface area contributed by atoms with E-state index in [0.717, 1.165) is 52.0 Å². The van der Waals surface area contributed by atoms with Crippen molar-refractivity contribution in [2.45, 2.75) is 32.6 Å². The SMILES string of the molecule is CCCCCCN1c2cc3ccccc3cc2Oc2cc3cc(F)ccc3cc21. The highest BCUT2D eigenvalue weighted by Gasteiger charge is 2.25. The normalized spacial score (nSPS) is 12.7. The van der Waals surface area contributed by atoms with Crippen molar-refractivity contribution in [2.75, 3.05) is 11.4 Å². The predicted molar refractivity (Wildman–Crippen MR) is 119 cm³/mol. The number of ether oxygens (including phenoxy) is 1. The van der Waals surface area contributed by atoms with E-state index in [1.807, 2.05) is 18.2 Å². The fourth-order valence-corrected chi connectivity index (χ4v) is 4.21. The standard InChI is InChI=1S/C26H24FNO/c1-2-3-4-7-12-28-23-14-18-8-5-6-9-19(18)16-25(23)29-26-17-21-13-22(27)11-10-20(21)15-24(26)28/h5-6,8-11,13-17H,2-4,7,12H2,1H3. The van der Waals surface area contributed by atoms with E-state index in [-0.39, 0.29) is 5.82 Å². The average Bonchev–Trinajstić information content (AvgIpc) is 2.73. The molecule has 0 amide bonds. The third kappa shape index (κ3) is 3.31.